The normalized spacial score (nSPS) is 14.9. The summed E-state index contributed by atoms with van der Waals surface area (Å²) in [5.74, 6) is 0. The number of hydrogen-bond donors (Lipinski definition) is 1. The van der Waals surface area contributed by atoms with E-state index < -0.39 is 57.1 Å². The fraction of sp³-hybridized carbons (Fsp3) is 0.556. The molecule has 1 N–H and O–H groups in total. The van der Waals surface area contributed by atoms with Gasteiger partial charge in [-0.1, -0.05) is 11.8 Å². The first-order chi connectivity index (χ1) is 12.9. The van der Waals surface area contributed by atoms with E-state index in [2.05, 4.69) is 5.32 Å². The minimum absolute atomic E-state index is 0.00492. The van der Waals surface area contributed by atoms with Crippen molar-refractivity contribution in [1.82, 2.24) is 5.32 Å². The number of carbonyl (C=O) groups is 2. The molecule has 0 aliphatic rings. The van der Waals surface area contributed by atoms with Gasteiger partial charge in [0.05, 0.1) is 16.4 Å². The second-order valence-electron chi connectivity index (χ2n) is 7.30. The summed E-state index contributed by atoms with van der Waals surface area (Å²) < 4.78 is 83.8. The Kier molecular flexibility index (Phi) is 7.66. The van der Waals surface area contributed by atoms with Crippen LogP contribution in [0.4, 0.5) is 31.1 Å². The minimum atomic E-state index is -5.02. The van der Waals surface area contributed by atoms with E-state index in [1.165, 1.54) is 6.92 Å². The predicted octanol–water partition coefficient (Wildman–Crippen LogP) is 5.96. The van der Waals surface area contributed by atoms with Crippen LogP contribution in [0.25, 0.3) is 0 Å². The Morgan fingerprint density at radius 1 is 0.966 bits per heavy atom. The number of alkyl halides is 6. The van der Waals surface area contributed by atoms with Gasteiger partial charge in [0.2, 0.25) is 0 Å². The quantitative estimate of drug-likeness (QED) is 0.582. The van der Waals surface area contributed by atoms with Gasteiger partial charge in [-0.3, -0.25) is 4.79 Å². The first-order valence-corrected chi connectivity index (χ1v) is 9.24. The van der Waals surface area contributed by atoms with Crippen molar-refractivity contribution < 1.29 is 40.7 Å². The second kappa shape index (κ2) is 8.85. The number of hydrogen-bond acceptors (Lipinski definition) is 4. The highest BCUT2D eigenvalue weighted by Gasteiger charge is 2.38. The molecule has 4 nitrogen and oxygen atoms in total. The summed E-state index contributed by atoms with van der Waals surface area (Å²) in [5.41, 5.74) is -4.26. The summed E-state index contributed by atoms with van der Waals surface area (Å²) in [4.78, 5) is 23.5. The monoisotopic (exact) mass is 445 g/mol. The summed E-state index contributed by atoms with van der Waals surface area (Å²) in [5, 5.41) is 0.612. The van der Waals surface area contributed by atoms with Crippen LogP contribution in [0.5, 0.6) is 0 Å². The van der Waals surface area contributed by atoms with Crippen molar-refractivity contribution in [3.63, 3.8) is 0 Å². The fourth-order valence-corrected chi connectivity index (χ4v) is 3.25. The molecule has 0 unspecified atom stereocenters. The van der Waals surface area contributed by atoms with E-state index >= 15 is 0 Å². The van der Waals surface area contributed by atoms with Gasteiger partial charge < -0.3 is 10.1 Å². The highest BCUT2D eigenvalue weighted by molar-refractivity contribution is 8.13. The number of nitrogens with one attached hydrogen (secondary N) is 1. The maximum atomic E-state index is 13.1. The Labute approximate surface area is 168 Å². The van der Waals surface area contributed by atoms with Crippen molar-refractivity contribution in [2.24, 2.45) is 0 Å². The molecule has 29 heavy (non-hydrogen) atoms. The number of halogens is 6. The van der Waals surface area contributed by atoms with Gasteiger partial charge in [-0.05, 0) is 51.5 Å². The molecule has 0 aromatic heterocycles. The third-order valence-electron chi connectivity index (χ3n) is 3.43. The molecule has 1 amide bonds. The van der Waals surface area contributed by atoms with E-state index in [0.29, 0.717) is 23.9 Å². The van der Waals surface area contributed by atoms with Gasteiger partial charge in [-0.15, -0.1) is 0 Å². The second-order valence-corrected chi connectivity index (χ2v) is 8.62. The Morgan fingerprint density at radius 3 is 1.76 bits per heavy atom. The van der Waals surface area contributed by atoms with E-state index in [1.807, 2.05) is 0 Å². The van der Waals surface area contributed by atoms with Crippen molar-refractivity contribution in [3.8, 4) is 0 Å². The number of benzene rings is 1. The number of amides is 1. The lowest BCUT2D eigenvalue weighted by atomic mass is 9.99. The molecular weight excluding hydrogens is 424 g/mol. The van der Waals surface area contributed by atoms with E-state index in [0.717, 1.165) is 6.92 Å². The average molecular weight is 445 g/mol. The van der Waals surface area contributed by atoms with Crippen LogP contribution in [-0.4, -0.2) is 22.9 Å². The van der Waals surface area contributed by atoms with Crippen molar-refractivity contribution in [2.75, 3.05) is 0 Å². The first-order valence-electron chi connectivity index (χ1n) is 8.36. The van der Waals surface area contributed by atoms with Crippen LogP contribution >= 0.6 is 11.8 Å². The van der Waals surface area contributed by atoms with Gasteiger partial charge in [0, 0.05) is 13.0 Å². The van der Waals surface area contributed by atoms with Gasteiger partial charge in [0.1, 0.15) is 5.60 Å². The zero-order valence-electron chi connectivity index (χ0n) is 16.3. The zero-order valence-corrected chi connectivity index (χ0v) is 17.1. The third kappa shape index (κ3) is 8.15. The van der Waals surface area contributed by atoms with Crippen molar-refractivity contribution >= 4 is 23.0 Å². The van der Waals surface area contributed by atoms with Gasteiger partial charge in [0.15, 0.2) is 5.12 Å². The topological polar surface area (TPSA) is 55.4 Å². The first kappa shape index (κ1) is 25.1. The molecule has 0 saturated carbocycles. The lowest BCUT2D eigenvalue weighted by molar-refractivity contribution is -0.143. The van der Waals surface area contributed by atoms with Crippen LogP contribution < -0.4 is 5.32 Å². The SMILES string of the molecule is CC(=O)S[C@@H](c1cc(C(F)(F)F)cc(C(F)(F)F)c1)[C@H](C)NC(=O)OC(C)(C)C. The van der Waals surface area contributed by atoms with Crippen LogP contribution in [0.1, 0.15) is 56.6 Å². The van der Waals surface area contributed by atoms with Crippen LogP contribution in [-0.2, 0) is 21.9 Å². The smallest absolute Gasteiger partial charge is 0.416 e. The summed E-state index contributed by atoms with van der Waals surface area (Å²) in [6.07, 6.45) is -11.0. The maximum Gasteiger partial charge on any atom is 0.416 e. The third-order valence-corrected chi connectivity index (χ3v) is 4.70. The van der Waals surface area contributed by atoms with Crippen molar-refractivity contribution in [3.05, 3.63) is 34.9 Å². The molecule has 1 aromatic carbocycles. The molecule has 0 fully saturated rings. The predicted molar refractivity (Wildman–Crippen MR) is 96.3 cm³/mol. The molecule has 164 valence electrons. The van der Waals surface area contributed by atoms with E-state index in [9.17, 15) is 35.9 Å². The molecule has 0 bridgehead atoms. The Morgan fingerprint density at radius 2 is 1.41 bits per heavy atom. The molecule has 0 aliphatic carbocycles. The molecule has 0 saturated heterocycles. The van der Waals surface area contributed by atoms with E-state index in [1.54, 1.807) is 20.8 Å². The molecule has 0 spiro atoms. The van der Waals surface area contributed by atoms with Crippen LogP contribution in [0.3, 0.4) is 0 Å². The number of thioether (sulfide) groups is 1. The highest BCUT2D eigenvalue weighted by Crippen LogP contribution is 2.41. The highest BCUT2D eigenvalue weighted by atomic mass is 32.2. The number of alkyl carbamates (subject to hydrolysis) is 1. The molecule has 11 heteroatoms. The summed E-state index contributed by atoms with van der Waals surface area (Å²) in [7, 11) is 0. The van der Waals surface area contributed by atoms with E-state index in [-0.39, 0.29) is 6.07 Å². The molecule has 1 aromatic rings. The molecule has 0 radical (unpaired) electrons. The molecule has 1 rings (SSSR count). The van der Waals surface area contributed by atoms with Crippen LogP contribution in [0, 0.1) is 0 Å². The van der Waals surface area contributed by atoms with Gasteiger partial charge >= 0.3 is 18.4 Å². The van der Waals surface area contributed by atoms with Crippen molar-refractivity contribution in [1.29, 1.82) is 0 Å². The van der Waals surface area contributed by atoms with Gasteiger partial charge in [-0.25, -0.2) is 4.79 Å². The van der Waals surface area contributed by atoms with Gasteiger partial charge in [-0.2, -0.15) is 26.3 Å². The van der Waals surface area contributed by atoms with Crippen LogP contribution in [0.2, 0.25) is 0 Å². The van der Waals surface area contributed by atoms with Crippen molar-refractivity contribution in [2.45, 2.75) is 63.9 Å². The number of ether oxygens (including phenoxy) is 1. The number of rotatable bonds is 4. The minimum Gasteiger partial charge on any atom is -0.444 e. The largest absolute Gasteiger partial charge is 0.444 e. The van der Waals surface area contributed by atoms with Crippen LogP contribution in [0.15, 0.2) is 18.2 Å². The Bertz CT molecular complexity index is 723. The fourth-order valence-electron chi connectivity index (χ4n) is 2.35. The summed E-state index contributed by atoms with van der Waals surface area (Å²) >= 11 is 0.516. The maximum absolute atomic E-state index is 13.1. The van der Waals surface area contributed by atoms with E-state index in [4.69, 9.17) is 4.74 Å². The Balaban J connectivity index is 3.39. The summed E-state index contributed by atoms with van der Waals surface area (Å²) in [6.45, 7) is 7.23. The lowest BCUT2D eigenvalue weighted by Gasteiger charge is -2.27. The molecule has 0 heterocycles. The Hall–Kier alpha value is -1.91. The zero-order chi connectivity index (χ0) is 22.8. The number of carbonyl (C=O) groups excluding carboxylic acids is 2. The average Bonchev–Trinajstić information content (AvgIpc) is 2.48. The van der Waals surface area contributed by atoms with Gasteiger partial charge in [0.25, 0.3) is 0 Å². The summed E-state index contributed by atoms with van der Waals surface area (Å²) in [6, 6.07) is 0.0836. The molecular formula is C18H21F6NO3S. The lowest BCUT2D eigenvalue weighted by Crippen LogP contribution is -2.40. The molecule has 0 aliphatic heterocycles. The molecule has 2 atom stereocenters. The standard InChI is InChI=1S/C18H21F6NO3S/c1-9(25-15(27)28-16(3,4)5)14(29-10(2)26)11-6-12(17(19,20)21)8-13(7-11)18(22,23)24/h6-9,14H,1-5H3,(H,25,27)/t9-,14+/m0/s1.